The van der Waals surface area contributed by atoms with E-state index in [-0.39, 0.29) is 16.9 Å². The minimum atomic E-state index is -0.662. The van der Waals surface area contributed by atoms with Gasteiger partial charge in [-0.25, -0.2) is 8.78 Å². The van der Waals surface area contributed by atoms with Crippen LogP contribution >= 0.6 is 0 Å². The molecule has 0 spiro atoms. The Labute approximate surface area is 130 Å². The van der Waals surface area contributed by atoms with Gasteiger partial charge in [0.15, 0.2) is 5.78 Å². The summed E-state index contributed by atoms with van der Waals surface area (Å²) in [6.07, 6.45) is 4.78. The maximum atomic E-state index is 13.6. The zero-order valence-electron chi connectivity index (χ0n) is 13.4. The van der Waals surface area contributed by atoms with Gasteiger partial charge in [-0.3, -0.25) is 4.79 Å². The fraction of sp³-hybridized carbons (Fsp3) is 0.500. The zero-order chi connectivity index (χ0) is 16.3. The van der Waals surface area contributed by atoms with Crippen molar-refractivity contribution in [1.29, 1.82) is 0 Å². The third kappa shape index (κ3) is 3.73. The van der Waals surface area contributed by atoms with E-state index in [1.165, 1.54) is 12.1 Å². The predicted molar refractivity (Wildman–Crippen MR) is 84.5 cm³/mol. The molecule has 0 heterocycles. The third-order valence-corrected chi connectivity index (χ3v) is 4.89. The molecule has 1 aliphatic carbocycles. The summed E-state index contributed by atoms with van der Waals surface area (Å²) in [6.45, 7) is 6.60. The number of rotatable bonds is 4. The van der Waals surface area contributed by atoms with E-state index < -0.39 is 11.6 Å². The molecule has 0 aromatic heterocycles. The molecule has 22 heavy (non-hydrogen) atoms. The van der Waals surface area contributed by atoms with Gasteiger partial charge in [0.1, 0.15) is 11.6 Å². The van der Waals surface area contributed by atoms with Gasteiger partial charge < -0.3 is 5.32 Å². The monoisotopic (exact) mass is 307 g/mol. The summed E-state index contributed by atoms with van der Waals surface area (Å²) in [5, 5.41) is 2.81. The second kappa shape index (κ2) is 6.59. The van der Waals surface area contributed by atoms with Gasteiger partial charge in [-0.05, 0) is 36.3 Å². The number of anilines is 1. The summed E-state index contributed by atoms with van der Waals surface area (Å²) in [7, 11) is 0. The highest BCUT2D eigenvalue weighted by Gasteiger charge is 2.33. The number of halogens is 2. The first-order chi connectivity index (χ1) is 10.3. The fourth-order valence-corrected chi connectivity index (χ4v) is 2.81. The largest absolute Gasteiger partial charge is 0.359 e. The topological polar surface area (TPSA) is 29.1 Å². The van der Waals surface area contributed by atoms with Crippen molar-refractivity contribution in [3.05, 3.63) is 41.6 Å². The van der Waals surface area contributed by atoms with Crippen LogP contribution in [0.5, 0.6) is 0 Å². The van der Waals surface area contributed by atoms with Crippen LogP contribution < -0.4 is 5.32 Å². The number of allylic oxidation sites excluding steroid dienone is 1. The molecule has 1 saturated carbocycles. The van der Waals surface area contributed by atoms with Crippen molar-refractivity contribution in [3.8, 4) is 0 Å². The average molecular weight is 307 g/mol. The van der Waals surface area contributed by atoms with Gasteiger partial charge in [0.25, 0.3) is 0 Å². The minimum absolute atomic E-state index is 0.109. The van der Waals surface area contributed by atoms with Gasteiger partial charge in [0.05, 0.1) is 5.69 Å². The molecule has 1 aromatic carbocycles. The molecular weight excluding hydrogens is 284 g/mol. The molecule has 2 nitrogen and oxygen atoms in total. The van der Waals surface area contributed by atoms with Crippen LogP contribution in [0.3, 0.4) is 0 Å². The third-order valence-electron chi connectivity index (χ3n) is 4.89. The molecule has 0 saturated heterocycles. The second-order valence-corrected chi connectivity index (χ2v) is 6.64. The molecule has 0 unspecified atom stereocenters. The van der Waals surface area contributed by atoms with Gasteiger partial charge >= 0.3 is 0 Å². The molecular formula is C18H23F2NO. The Kier molecular flexibility index (Phi) is 4.99. The highest BCUT2D eigenvalue weighted by atomic mass is 19.1. The van der Waals surface area contributed by atoms with Crippen molar-refractivity contribution in [2.24, 2.45) is 11.3 Å². The molecule has 1 N–H and O–H groups in total. The predicted octanol–water partition coefficient (Wildman–Crippen LogP) is 5.07. The van der Waals surface area contributed by atoms with Crippen molar-refractivity contribution in [3.63, 3.8) is 0 Å². The van der Waals surface area contributed by atoms with E-state index in [4.69, 9.17) is 0 Å². The lowest BCUT2D eigenvalue weighted by molar-refractivity contribution is -0.117. The number of hydrogen-bond acceptors (Lipinski definition) is 2. The summed E-state index contributed by atoms with van der Waals surface area (Å²) in [5.74, 6) is -0.723. The van der Waals surface area contributed by atoms with Crippen LogP contribution in [-0.4, -0.2) is 5.78 Å². The van der Waals surface area contributed by atoms with E-state index >= 15 is 0 Å². The van der Waals surface area contributed by atoms with Crippen molar-refractivity contribution >= 4 is 11.5 Å². The van der Waals surface area contributed by atoms with Gasteiger partial charge in [-0.15, -0.1) is 0 Å². The van der Waals surface area contributed by atoms with Gasteiger partial charge in [0, 0.05) is 24.3 Å². The maximum Gasteiger partial charge on any atom is 0.160 e. The van der Waals surface area contributed by atoms with E-state index in [1.54, 1.807) is 6.20 Å². The molecule has 1 aromatic rings. The molecule has 1 aliphatic rings. The number of Topliss-reactive ketones (excluding diaryl/α,β-unsaturated/α-hetero) is 1. The number of carbonyl (C=O) groups excluding carboxylic acids is 1. The highest BCUT2D eigenvalue weighted by molar-refractivity contribution is 5.96. The quantitative estimate of drug-likeness (QED) is 0.787. The van der Waals surface area contributed by atoms with E-state index in [9.17, 15) is 13.6 Å². The van der Waals surface area contributed by atoms with Crippen molar-refractivity contribution in [2.45, 2.75) is 46.5 Å². The molecule has 0 bridgehead atoms. The number of hydrogen-bond donors (Lipinski definition) is 1. The smallest absolute Gasteiger partial charge is 0.160 e. The summed E-state index contributed by atoms with van der Waals surface area (Å²) < 4.78 is 26.5. The summed E-state index contributed by atoms with van der Waals surface area (Å²) >= 11 is 0. The first kappa shape index (κ1) is 16.7. The molecule has 120 valence electrons. The van der Waals surface area contributed by atoms with E-state index in [2.05, 4.69) is 26.1 Å². The van der Waals surface area contributed by atoms with Crippen LogP contribution in [0.25, 0.3) is 0 Å². The number of nitrogens with one attached hydrogen (secondary N) is 1. The lowest BCUT2D eigenvalue weighted by Crippen LogP contribution is -2.29. The van der Waals surface area contributed by atoms with E-state index in [0.29, 0.717) is 24.3 Å². The van der Waals surface area contributed by atoms with Crippen LogP contribution in [0.1, 0.15) is 46.5 Å². The van der Waals surface area contributed by atoms with Crippen LogP contribution in [0, 0.1) is 23.0 Å². The number of benzene rings is 1. The Hall–Kier alpha value is -1.71. The fourth-order valence-electron chi connectivity index (χ4n) is 2.81. The molecule has 0 radical (unpaired) electrons. The van der Waals surface area contributed by atoms with Gasteiger partial charge in [-0.1, -0.05) is 27.2 Å². The lowest BCUT2D eigenvalue weighted by Gasteiger charge is -2.36. The van der Waals surface area contributed by atoms with E-state index in [1.807, 2.05) is 0 Å². The van der Waals surface area contributed by atoms with E-state index in [0.717, 1.165) is 18.9 Å². The zero-order valence-corrected chi connectivity index (χ0v) is 13.4. The lowest BCUT2D eigenvalue weighted by atomic mass is 9.68. The maximum absolute atomic E-state index is 13.6. The molecule has 2 rings (SSSR count). The summed E-state index contributed by atoms with van der Waals surface area (Å²) in [6, 6.07) is 3.35. The Balaban J connectivity index is 2.13. The molecule has 0 amide bonds. The Bertz CT molecular complexity index is 593. The summed E-state index contributed by atoms with van der Waals surface area (Å²) in [4.78, 5) is 12.1. The average Bonchev–Trinajstić information content (AvgIpc) is 2.47. The Morgan fingerprint density at radius 1 is 1.36 bits per heavy atom. The molecule has 1 atom stereocenters. The van der Waals surface area contributed by atoms with Crippen molar-refractivity contribution < 1.29 is 13.6 Å². The van der Waals surface area contributed by atoms with Crippen LogP contribution in [0.4, 0.5) is 14.5 Å². The first-order valence-electron chi connectivity index (χ1n) is 7.77. The van der Waals surface area contributed by atoms with Crippen molar-refractivity contribution in [2.75, 3.05) is 5.32 Å². The Morgan fingerprint density at radius 2 is 2.09 bits per heavy atom. The minimum Gasteiger partial charge on any atom is -0.359 e. The molecule has 0 aliphatic heterocycles. The SMILES string of the molecule is CCC(C)(C)[C@@H]1CCC(=O)/C(=C/Nc2ccc(F)cc2F)C1. The van der Waals surface area contributed by atoms with Crippen LogP contribution in [0.2, 0.25) is 0 Å². The number of ketones is 1. The summed E-state index contributed by atoms with van der Waals surface area (Å²) in [5.41, 5.74) is 1.06. The highest BCUT2D eigenvalue weighted by Crippen LogP contribution is 2.41. The second-order valence-electron chi connectivity index (χ2n) is 6.64. The molecule has 4 heteroatoms. The van der Waals surface area contributed by atoms with Crippen LogP contribution in [0.15, 0.2) is 30.0 Å². The first-order valence-corrected chi connectivity index (χ1v) is 7.77. The number of carbonyl (C=O) groups is 1. The standard InChI is InChI=1S/C18H23F2NO/c1-4-18(2,3)13-5-8-17(22)12(9-13)11-21-16-7-6-14(19)10-15(16)20/h6-7,10-11,13,21H,4-5,8-9H2,1-3H3/b12-11+/t13-/m1/s1. The molecule has 1 fully saturated rings. The van der Waals surface area contributed by atoms with Crippen molar-refractivity contribution in [1.82, 2.24) is 0 Å². The van der Waals surface area contributed by atoms with Crippen LogP contribution in [-0.2, 0) is 4.79 Å². The van der Waals surface area contributed by atoms with Gasteiger partial charge in [-0.2, -0.15) is 0 Å². The normalized spacial score (nSPS) is 21.2. The van der Waals surface area contributed by atoms with Gasteiger partial charge in [0.2, 0.25) is 0 Å². The Morgan fingerprint density at radius 3 is 2.73 bits per heavy atom.